The van der Waals surface area contributed by atoms with Crippen LogP contribution in [-0.4, -0.2) is 33.0 Å². The molecule has 164 valence electrons. The Morgan fingerprint density at radius 3 is 2.58 bits per heavy atom. The van der Waals surface area contributed by atoms with E-state index in [0.717, 1.165) is 36.9 Å². The van der Waals surface area contributed by atoms with E-state index < -0.39 is 29.3 Å². The first-order valence-electron chi connectivity index (χ1n) is 10.4. The number of carbonyl (C=O) groups excluding carboxylic acids is 2. The predicted octanol–water partition coefficient (Wildman–Crippen LogP) is 4.01. The average Bonchev–Trinajstić information content (AvgIpc) is 3.38. The molecule has 0 aliphatic heterocycles. The maximum Gasteiger partial charge on any atom is 0.339 e. The molecule has 0 radical (unpaired) electrons. The summed E-state index contributed by atoms with van der Waals surface area (Å²) in [7, 11) is -1.32. The first kappa shape index (κ1) is 22.8. The van der Waals surface area contributed by atoms with Crippen molar-refractivity contribution in [2.24, 2.45) is 0 Å². The number of ether oxygens (including phenoxy) is 1. The molecule has 0 saturated heterocycles. The van der Waals surface area contributed by atoms with Gasteiger partial charge in [0.05, 0.1) is 26.8 Å². The highest BCUT2D eigenvalue weighted by atomic mass is 32.2. The number of aromatic nitrogens is 1. The third kappa shape index (κ3) is 4.72. The van der Waals surface area contributed by atoms with Crippen LogP contribution in [0.3, 0.4) is 0 Å². The van der Waals surface area contributed by atoms with Crippen LogP contribution in [0.1, 0.15) is 65.8 Å². The standard InChI is InChI=1S/C23H27N3O4S/c1-4-31(29)20-12-8-7-11-18(20)23(28)30-14-21(27)25-22-19(13-24)15(2)16(3)26(22)17-9-5-6-10-17/h7-8,11-12,17H,4-6,9-10,14H2,1-3H3,(H,25,27)/t31-/m1/s1. The third-order valence-electron chi connectivity index (χ3n) is 5.77. The minimum Gasteiger partial charge on any atom is -0.452 e. The molecule has 1 aromatic carbocycles. The Hall–Kier alpha value is -2.92. The molecule has 1 fully saturated rings. The van der Waals surface area contributed by atoms with E-state index in [4.69, 9.17) is 4.74 Å². The number of nitriles is 1. The monoisotopic (exact) mass is 441 g/mol. The first-order valence-corrected chi connectivity index (χ1v) is 11.8. The molecule has 0 bridgehead atoms. The number of carbonyl (C=O) groups is 2. The van der Waals surface area contributed by atoms with E-state index >= 15 is 0 Å². The molecular formula is C23H27N3O4S. The average molecular weight is 442 g/mol. The molecule has 1 aromatic heterocycles. The smallest absolute Gasteiger partial charge is 0.339 e. The van der Waals surface area contributed by atoms with Crippen LogP contribution in [0.4, 0.5) is 5.82 Å². The van der Waals surface area contributed by atoms with Crippen LogP contribution in [-0.2, 0) is 20.3 Å². The molecule has 3 rings (SSSR count). The minimum atomic E-state index is -1.32. The van der Waals surface area contributed by atoms with Crippen molar-refractivity contribution in [2.75, 3.05) is 17.7 Å². The maximum absolute atomic E-state index is 12.6. The molecule has 1 saturated carbocycles. The van der Waals surface area contributed by atoms with Crippen molar-refractivity contribution < 1.29 is 18.5 Å². The van der Waals surface area contributed by atoms with Crippen LogP contribution in [0, 0.1) is 25.2 Å². The Kier molecular flexibility index (Phi) is 7.29. The van der Waals surface area contributed by atoms with E-state index in [1.165, 1.54) is 6.07 Å². The van der Waals surface area contributed by atoms with Gasteiger partial charge >= 0.3 is 5.97 Å². The number of amides is 1. The molecular weight excluding hydrogens is 414 g/mol. The second kappa shape index (κ2) is 9.92. The molecule has 1 heterocycles. The summed E-state index contributed by atoms with van der Waals surface area (Å²) < 4.78 is 19.4. The highest BCUT2D eigenvalue weighted by Gasteiger charge is 2.27. The topological polar surface area (TPSA) is 101 Å². The largest absolute Gasteiger partial charge is 0.452 e. The minimum absolute atomic E-state index is 0.189. The Morgan fingerprint density at radius 2 is 1.94 bits per heavy atom. The van der Waals surface area contributed by atoms with Crippen LogP contribution in [0.25, 0.3) is 0 Å². The molecule has 1 atom stereocenters. The zero-order valence-corrected chi connectivity index (χ0v) is 18.9. The van der Waals surface area contributed by atoms with E-state index in [-0.39, 0.29) is 11.6 Å². The van der Waals surface area contributed by atoms with E-state index in [9.17, 15) is 19.1 Å². The zero-order chi connectivity index (χ0) is 22.5. The number of rotatable bonds is 7. The number of esters is 1. The molecule has 8 heteroatoms. The summed E-state index contributed by atoms with van der Waals surface area (Å²) in [6, 6.07) is 8.96. The normalized spacial score (nSPS) is 14.8. The lowest BCUT2D eigenvalue weighted by Crippen LogP contribution is -2.24. The molecule has 2 aromatic rings. The van der Waals surface area contributed by atoms with Gasteiger partial charge in [-0.05, 0) is 44.4 Å². The number of nitrogens with one attached hydrogen (secondary N) is 1. The maximum atomic E-state index is 12.6. The molecule has 31 heavy (non-hydrogen) atoms. The molecule has 1 N–H and O–H groups in total. The molecule has 1 aliphatic carbocycles. The van der Waals surface area contributed by atoms with Gasteiger partial charge in [-0.15, -0.1) is 0 Å². The summed E-state index contributed by atoms with van der Waals surface area (Å²) in [4.78, 5) is 25.5. The van der Waals surface area contributed by atoms with Crippen molar-refractivity contribution in [1.29, 1.82) is 5.26 Å². The first-order chi connectivity index (χ1) is 14.9. The zero-order valence-electron chi connectivity index (χ0n) is 18.1. The quantitative estimate of drug-likeness (QED) is 0.654. The Balaban J connectivity index is 1.75. The van der Waals surface area contributed by atoms with Gasteiger partial charge < -0.3 is 14.6 Å². The summed E-state index contributed by atoms with van der Waals surface area (Å²) in [5.41, 5.74) is 2.44. The fourth-order valence-corrected chi connectivity index (χ4v) is 5.01. The molecule has 0 spiro atoms. The number of anilines is 1. The van der Waals surface area contributed by atoms with E-state index in [2.05, 4.69) is 11.4 Å². The van der Waals surface area contributed by atoms with Crippen molar-refractivity contribution in [3.05, 3.63) is 46.6 Å². The summed E-state index contributed by atoms with van der Waals surface area (Å²) in [5.74, 6) is -0.376. The molecule has 1 aliphatic rings. The Morgan fingerprint density at radius 1 is 1.26 bits per heavy atom. The highest BCUT2D eigenvalue weighted by Crippen LogP contribution is 2.37. The lowest BCUT2D eigenvalue weighted by Gasteiger charge is -2.19. The van der Waals surface area contributed by atoms with Gasteiger partial charge in [0, 0.05) is 17.5 Å². The van der Waals surface area contributed by atoms with Crippen molar-refractivity contribution >= 4 is 28.5 Å². The molecule has 0 unspecified atom stereocenters. The summed E-state index contributed by atoms with van der Waals surface area (Å²) in [6.07, 6.45) is 4.24. The second-order valence-electron chi connectivity index (χ2n) is 7.61. The molecule has 7 nitrogen and oxygen atoms in total. The summed E-state index contributed by atoms with van der Waals surface area (Å²) in [6.45, 7) is 5.10. The van der Waals surface area contributed by atoms with Gasteiger partial charge in [0.15, 0.2) is 6.61 Å². The third-order valence-corrected chi connectivity index (χ3v) is 7.14. The summed E-state index contributed by atoms with van der Waals surface area (Å²) in [5, 5.41) is 12.4. The lowest BCUT2D eigenvalue weighted by atomic mass is 10.2. The SMILES string of the molecule is CC[S@@](=O)c1ccccc1C(=O)OCC(=O)Nc1c(C#N)c(C)c(C)n1C1CCCC1. The fourth-order valence-electron chi connectivity index (χ4n) is 4.07. The number of nitrogens with zero attached hydrogens (tertiary/aromatic N) is 2. The van der Waals surface area contributed by atoms with Gasteiger partial charge in [0.1, 0.15) is 11.9 Å². The van der Waals surface area contributed by atoms with Gasteiger partial charge in [-0.25, -0.2) is 4.79 Å². The lowest BCUT2D eigenvalue weighted by molar-refractivity contribution is -0.119. The van der Waals surface area contributed by atoms with Gasteiger partial charge in [-0.1, -0.05) is 31.9 Å². The van der Waals surface area contributed by atoms with Crippen molar-refractivity contribution in [1.82, 2.24) is 4.57 Å². The second-order valence-corrected chi connectivity index (χ2v) is 9.32. The van der Waals surface area contributed by atoms with Crippen LogP contribution in [0.15, 0.2) is 29.2 Å². The summed E-state index contributed by atoms with van der Waals surface area (Å²) >= 11 is 0. The van der Waals surface area contributed by atoms with Crippen LogP contribution in [0.2, 0.25) is 0 Å². The predicted molar refractivity (Wildman–Crippen MR) is 118 cm³/mol. The highest BCUT2D eigenvalue weighted by molar-refractivity contribution is 7.85. The van der Waals surface area contributed by atoms with E-state index in [1.54, 1.807) is 25.1 Å². The van der Waals surface area contributed by atoms with Crippen molar-refractivity contribution in [2.45, 2.75) is 57.4 Å². The van der Waals surface area contributed by atoms with Crippen molar-refractivity contribution in [3.8, 4) is 6.07 Å². The molecule has 1 amide bonds. The number of hydrogen-bond acceptors (Lipinski definition) is 5. The van der Waals surface area contributed by atoms with E-state index in [0.29, 0.717) is 22.0 Å². The van der Waals surface area contributed by atoms with Gasteiger partial charge in [0.2, 0.25) is 0 Å². The van der Waals surface area contributed by atoms with Gasteiger partial charge in [-0.3, -0.25) is 9.00 Å². The van der Waals surface area contributed by atoms with Gasteiger partial charge in [-0.2, -0.15) is 5.26 Å². The number of hydrogen-bond donors (Lipinski definition) is 1. The van der Waals surface area contributed by atoms with E-state index in [1.807, 2.05) is 18.4 Å². The van der Waals surface area contributed by atoms with Crippen LogP contribution < -0.4 is 5.32 Å². The fraction of sp³-hybridized carbons (Fsp3) is 0.435. The Bertz CT molecular complexity index is 1060. The van der Waals surface area contributed by atoms with Crippen LogP contribution >= 0.6 is 0 Å². The van der Waals surface area contributed by atoms with Crippen LogP contribution in [0.5, 0.6) is 0 Å². The number of benzene rings is 1. The van der Waals surface area contributed by atoms with Crippen molar-refractivity contribution in [3.63, 3.8) is 0 Å². The Labute approximate surface area is 184 Å². The van der Waals surface area contributed by atoms with Gasteiger partial charge in [0.25, 0.3) is 5.91 Å².